The van der Waals surface area contributed by atoms with Crippen LogP contribution >= 0.6 is 0 Å². The highest BCUT2D eigenvalue weighted by molar-refractivity contribution is 5.98. The second kappa shape index (κ2) is 18.2. The van der Waals surface area contributed by atoms with Gasteiger partial charge in [0.15, 0.2) is 0 Å². The van der Waals surface area contributed by atoms with Crippen molar-refractivity contribution in [2.45, 2.75) is 59.3 Å². The first-order chi connectivity index (χ1) is 32.9. The van der Waals surface area contributed by atoms with Gasteiger partial charge in [-0.15, -0.1) is 0 Å². The molecule has 0 unspecified atom stereocenters. The van der Waals surface area contributed by atoms with Crippen molar-refractivity contribution in [1.82, 2.24) is 14.5 Å². The van der Waals surface area contributed by atoms with Crippen LogP contribution < -0.4 is 0 Å². The van der Waals surface area contributed by atoms with Crippen LogP contribution in [0.2, 0.25) is 0 Å². The summed E-state index contributed by atoms with van der Waals surface area (Å²) in [5, 5.41) is 12.3. The molecule has 8 aromatic carbocycles. The number of phenols is 1. The van der Waals surface area contributed by atoms with Gasteiger partial charge in [0.1, 0.15) is 11.6 Å². The molecule has 10 rings (SSSR count). The van der Waals surface area contributed by atoms with Gasteiger partial charge in [-0.3, -0.25) is 9.55 Å². The quantitative estimate of drug-likeness (QED) is 0.141. The lowest BCUT2D eigenvalue weighted by Crippen LogP contribution is -2.04. The lowest BCUT2D eigenvalue weighted by atomic mass is 9.91. The number of fused-ring (bicyclic) bond motifs is 1. The number of hydrogen-bond acceptors (Lipinski definition) is 3. The molecule has 0 amide bonds. The zero-order valence-electron chi connectivity index (χ0n) is 40.0. The van der Waals surface area contributed by atoms with Gasteiger partial charge in [0.05, 0.1) is 28.0 Å². The van der Waals surface area contributed by atoms with Crippen LogP contribution in [0.1, 0.15) is 77.3 Å². The average molecular weight is 871 g/mol. The maximum Gasteiger partial charge on any atom is 0.149 e. The zero-order chi connectivity index (χ0) is 47.1. The van der Waals surface area contributed by atoms with Crippen LogP contribution in [0.25, 0.3) is 95.0 Å². The molecule has 0 bridgehead atoms. The number of para-hydroxylation sites is 1. The third-order valence-electron chi connectivity index (χ3n) is 13.0. The van der Waals surface area contributed by atoms with Gasteiger partial charge in [-0.1, -0.05) is 181 Å². The van der Waals surface area contributed by atoms with E-state index in [1.165, 1.54) is 11.1 Å². The van der Waals surface area contributed by atoms with Gasteiger partial charge >= 0.3 is 0 Å². The van der Waals surface area contributed by atoms with E-state index in [1.807, 2.05) is 38.2 Å². The number of pyridine rings is 1. The van der Waals surface area contributed by atoms with E-state index in [9.17, 15) is 5.11 Å². The van der Waals surface area contributed by atoms with Crippen molar-refractivity contribution in [1.29, 1.82) is 0 Å². The van der Waals surface area contributed by atoms with Crippen LogP contribution in [0, 0.1) is 0 Å². The topological polar surface area (TPSA) is 50.9 Å². The van der Waals surface area contributed by atoms with Crippen molar-refractivity contribution in [3.63, 3.8) is 0 Å². The van der Waals surface area contributed by atoms with Crippen LogP contribution in [-0.2, 0) is 0 Å². The van der Waals surface area contributed by atoms with Crippen LogP contribution in [0.5, 0.6) is 5.75 Å². The monoisotopic (exact) mass is 870 g/mol. The third kappa shape index (κ3) is 8.48. The van der Waals surface area contributed by atoms with Gasteiger partial charge in [0.2, 0.25) is 0 Å². The van der Waals surface area contributed by atoms with Gasteiger partial charge < -0.3 is 5.11 Å². The fourth-order valence-corrected chi connectivity index (χ4v) is 9.25. The number of nitrogens with zero attached hydrogens (tertiary/aromatic N) is 3. The molecule has 0 aliphatic rings. The Bertz CT molecular complexity index is 3420. The van der Waals surface area contributed by atoms with Gasteiger partial charge in [-0.2, -0.15) is 0 Å². The number of imidazole rings is 1. The molecule has 0 aliphatic heterocycles. The zero-order valence-corrected chi connectivity index (χ0v) is 39.0. The maximum atomic E-state index is 12.3. The summed E-state index contributed by atoms with van der Waals surface area (Å²) in [6, 6.07) is 68.1. The molecule has 0 aliphatic carbocycles. The normalized spacial score (nSPS) is 12.0. The van der Waals surface area contributed by atoms with E-state index < -0.39 is 5.89 Å². The van der Waals surface area contributed by atoms with Gasteiger partial charge in [0.25, 0.3) is 0 Å². The van der Waals surface area contributed by atoms with Gasteiger partial charge in [0, 0.05) is 24.3 Å². The molecule has 4 heteroatoms. The lowest BCUT2D eigenvalue weighted by molar-refractivity contribution is 0.466. The van der Waals surface area contributed by atoms with Crippen molar-refractivity contribution in [3.8, 4) is 89.7 Å². The lowest BCUT2D eigenvalue weighted by Gasteiger charge is -2.20. The minimum atomic E-state index is -0.825. The smallest absolute Gasteiger partial charge is 0.149 e. The summed E-state index contributed by atoms with van der Waals surface area (Å²) in [5.41, 5.74) is 18.8. The molecule has 0 spiro atoms. The van der Waals surface area contributed by atoms with Gasteiger partial charge in [-0.05, 0) is 134 Å². The highest BCUT2D eigenvalue weighted by Crippen LogP contribution is 2.45. The summed E-state index contributed by atoms with van der Waals surface area (Å²) in [6.07, 6.45) is 1.90. The van der Waals surface area contributed by atoms with E-state index >= 15 is 0 Å². The second-order valence-corrected chi connectivity index (χ2v) is 18.4. The molecule has 0 fully saturated rings. The van der Waals surface area contributed by atoms with E-state index in [-0.39, 0.29) is 17.6 Å². The largest absolute Gasteiger partial charge is 0.507 e. The number of hydrogen-bond donors (Lipinski definition) is 1. The molecule has 0 atom stereocenters. The summed E-state index contributed by atoms with van der Waals surface area (Å²) in [5.74, 6) is 0.365. The van der Waals surface area contributed by atoms with Crippen molar-refractivity contribution >= 4 is 11.0 Å². The van der Waals surface area contributed by atoms with Crippen molar-refractivity contribution in [2.75, 3.05) is 0 Å². The van der Waals surface area contributed by atoms with E-state index in [4.69, 9.17) is 11.3 Å². The average Bonchev–Trinajstić information content (AvgIpc) is 3.76. The number of aromatic nitrogens is 3. The summed E-state index contributed by atoms with van der Waals surface area (Å²) >= 11 is 0. The molecule has 67 heavy (non-hydrogen) atoms. The van der Waals surface area contributed by atoms with Gasteiger partial charge in [-0.25, -0.2) is 4.98 Å². The fourth-order valence-electron chi connectivity index (χ4n) is 9.25. The van der Waals surface area contributed by atoms with Crippen LogP contribution in [0.15, 0.2) is 200 Å². The predicted molar refractivity (Wildman–Crippen MR) is 281 cm³/mol. The molecule has 10 aromatic rings. The number of rotatable bonds is 11. The number of aromatic hydroxyl groups is 1. The second-order valence-electron chi connectivity index (χ2n) is 18.4. The van der Waals surface area contributed by atoms with Crippen molar-refractivity contribution < 1.29 is 6.48 Å². The van der Waals surface area contributed by atoms with E-state index in [1.54, 1.807) is 0 Å². The maximum absolute atomic E-state index is 12.3. The summed E-state index contributed by atoms with van der Waals surface area (Å²) in [7, 11) is 0. The minimum Gasteiger partial charge on any atom is -0.507 e. The fraction of sp³-hybridized carbons (Fsp3) is 0.143. The number of benzene rings is 8. The van der Waals surface area contributed by atoms with Crippen LogP contribution in [0.3, 0.4) is 0 Å². The highest BCUT2D eigenvalue weighted by atomic mass is 16.3. The summed E-state index contributed by atoms with van der Waals surface area (Å²) in [6.45, 7) is 12.5. The third-order valence-corrected chi connectivity index (χ3v) is 13.0. The Morgan fingerprint density at radius 2 is 1.03 bits per heavy atom. The predicted octanol–water partition coefficient (Wildman–Crippen LogP) is 17.2. The molecule has 328 valence electrons. The Morgan fingerprint density at radius 1 is 0.448 bits per heavy atom. The molecule has 2 aromatic heterocycles. The summed E-state index contributed by atoms with van der Waals surface area (Å²) < 4.78 is 11.3. The Kier molecular flexibility index (Phi) is 11.4. The Morgan fingerprint density at radius 3 is 1.67 bits per heavy atom. The highest BCUT2D eigenvalue weighted by Gasteiger charge is 2.25. The van der Waals surface area contributed by atoms with Crippen LogP contribution in [0.4, 0.5) is 0 Å². The van der Waals surface area contributed by atoms with E-state index in [0.29, 0.717) is 11.4 Å². The molecule has 2 heterocycles. The minimum absolute atomic E-state index is 0.0826. The van der Waals surface area contributed by atoms with E-state index in [0.717, 1.165) is 89.2 Å². The molecule has 0 saturated heterocycles. The van der Waals surface area contributed by atoms with Crippen molar-refractivity contribution in [3.05, 3.63) is 217 Å². The Hall–Kier alpha value is -7.82. The first-order valence-corrected chi connectivity index (χ1v) is 23.3. The van der Waals surface area contributed by atoms with Crippen molar-refractivity contribution in [2.24, 2.45) is 0 Å². The molecule has 1 N–H and O–H groups in total. The molecule has 4 nitrogen and oxygen atoms in total. The molecular formula is C63H55N3O. The number of phenolic OH excluding ortho intramolecular Hbond substituents is 1. The Labute approximate surface area is 396 Å². The standard InChI is InChI=1S/C63H55N3O/c1-40(2)48-29-30-59(56(36-48)47-21-14-9-15-22-47)66-60-24-16-23-54(61(60)65-63(66)57-38-50(41(3)4)37-55(42(5)6)62(57)67)52-33-51(44-19-12-8-13-20-44)34-53(35-52)58-39-49(31-32-64-58)46-27-25-45(26-28-46)43-17-10-7-11-18-43/h7-42,67H,1-6H3/i40D. The first kappa shape index (κ1) is 41.9. The Balaban J connectivity index is 1.21. The summed E-state index contributed by atoms with van der Waals surface area (Å²) in [4.78, 5) is 10.6. The van der Waals surface area contributed by atoms with E-state index in [2.05, 4.69) is 208 Å². The first-order valence-electron chi connectivity index (χ1n) is 23.8. The SMILES string of the molecule is [2H]C(C)(C)c1ccc(-n2c(-c3cc(C(C)C)cc(C(C)C)c3O)nc3c(-c4cc(-c5ccccc5)cc(-c5cc(-c6ccc(-c7ccccc7)cc6)ccn5)c4)cccc32)c(-c2ccccc2)c1. The molecular weight excluding hydrogens is 815 g/mol. The molecule has 0 radical (unpaired) electrons. The molecule has 0 saturated carbocycles. The van der Waals surface area contributed by atoms with Crippen LogP contribution in [-0.4, -0.2) is 19.6 Å².